The van der Waals surface area contributed by atoms with Gasteiger partial charge in [-0.1, -0.05) is 6.07 Å². The van der Waals surface area contributed by atoms with E-state index < -0.39 is 0 Å². The largest absolute Gasteiger partial charge is 0.381 e. The number of nitrogens with zero attached hydrogens (tertiary/aromatic N) is 3. The van der Waals surface area contributed by atoms with Gasteiger partial charge in [0, 0.05) is 43.8 Å². The fourth-order valence-corrected chi connectivity index (χ4v) is 3.73. The molecule has 0 atom stereocenters. The molecule has 2 rings (SSSR count). The van der Waals surface area contributed by atoms with Crippen LogP contribution in [0.5, 0.6) is 0 Å². The van der Waals surface area contributed by atoms with E-state index in [1.165, 1.54) is 4.88 Å². The molecule has 1 aliphatic rings. The molecule has 1 aromatic heterocycles. The van der Waals surface area contributed by atoms with E-state index in [1.807, 2.05) is 11.3 Å². The highest BCUT2D eigenvalue weighted by atomic mass is 127. The molecule has 1 saturated heterocycles. The van der Waals surface area contributed by atoms with Crippen LogP contribution in [0.4, 0.5) is 0 Å². The Morgan fingerprint density at radius 1 is 1.32 bits per heavy atom. The van der Waals surface area contributed by atoms with Gasteiger partial charge in [0.05, 0.1) is 6.54 Å². The van der Waals surface area contributed by atoms with Gasteiger partial charge in [-0.25, -0.2) is 0 Å². The molecular formula is C18H33IN4OS. The van der Waals surface area contributed by atoms with Crippen molar-refractivity contribution in [2.75, 3.05) is 54.0 Å². The number of hydrogen-bond acceptors (Lipinski definition) is 4. The van der Waals surface area contributed by atoms with Crippen LogP contribution < -0.4 is 5.32 Å². The summed E-state index contributed by atoms with van der Waals surface area (Å²) in [4.78, 5) is 11.0. The van der Waals surface area contributed by atoms with Crippen molar-refractivity contribution >= 4 is 41.3 Å². The number of guanidine groups is 1. The Hall–Kier alpha value is -0.380. The lowest BCUT2D eigenvalue weighted by Gasteiger charge is -2.42. The number of ether oxygens (including phenoxy) is 1. The van der Waals surface area contributed by atoms with Crippen molar-refractivity contribution in [1.29, 1.82) is 0 Å². The highest BCUT2D eigenvalue weighted by Gasteiger charge is 2.34. The monoisotopic (exact) mass is 480 g/mol. The standard InChI is InChI=1S/C18H32N4OS.HI/c1-5-19-17(22(4)11-8-16-7-6-14-24-16)20-15-18(21(2)3)9-12-23-13-10-18;/h6-7,14H,5,8-13,15H2,1-4H3,(H,19,20);1H. The molecule has 0 spiro atoms. The summed E-state index contributed by atoms with van der Waals surface area (Å²) in [5.74, 6) is 1.00. The molecule has 7 heteroatoms. The third kappa shape index (κ3) is 6.69. The first kappa shape index (κ1) is 22.7. The van der Waals surface area contributed by atoms with Gasteiger partial charge in [0.1, 0.15) is 0 Å². The second-order valence-electron chi connectivity index (χ2n) is 6.65. The van der Waals surface area contributed by atoms with Gasteiger partial charge in [0.2, 0.25) is 0 Å². The van der Waals surface area contributed by atoms with Crippen molar-refractivity contribution in [2.24, 2.45) is 4.99 Å². The number of nitrogens with one attached hydrogen (secondary N) is 1. The van der Waals surface area contributed by atoms with Crippen molar-refractivity contribution in [3.05, 3.63) is 22.4 Å². The minimum atomic E-state index is 0. The average molecular weight is 480 g/mol. The van der Waals surface area contributed by atoms with E-state index in [0.717, 1.165) is 58.1 Å². The minimum absolute atomic E-state index is 0. The first-order valence-corrected chi connectivity index (χ1v) is 9.72. The zero-order valence-corrected chi connectivity index (χ0v) is 19.1. The third-order valence-corrected chi connectivity index (χ3v) is 5.80. The number of rotatable bonds is 7. The molecular weight excluding hydrogens is 447 g/mol. The third-order valence-electron chi connectivity index (χ3n) is 4.87. The Balaban J connectivity index is 0.00000312. The quantitative estimate of drug-likeness (QED) is 0.370. The number of thiophene rings is 1. The summed E-state index contributed by atoms with van der Waals surface area (Å²) in [6.07, 6.45) is 3.15. The van der Waals surface area contributed by atoms with Crippen LogP contribution in [0.1, 0.15) is 24.6 Å². The molecule has 0 saturated carbocycles. The SMILES string of the molecule is CCNC(=NCC1(N(C)C)CCOCC1)N(C)CCc1cccs1.I. The average Bonchev–Trinajstić information content (AvgIpc) is 3.10. The van der Waals surface area contributed by atoms with E-state index in [-0.39, 0.29) is 29.5 Å². The molecule has 5 nitrogen and oxygen atoms in total. The van der Waals surface area contributed by atoms with Gasteiger partial charge in [-0.2, -0.15) is 0 Å². The van der Waals surface area contributed by atoms with Crippen molar-refractivity contribution in [1.82, 2.24) is 15.1 Å². The zero-order valence-electron chi connectivity index (χ0n) is 16.0. The predicted molar refractivity (Wildman–Crippen MR) is 119 cm³/mol. The lowest BCUT2D eigenvalue weighted by atomic mass is 9.89. The summed E-state index contributed by atoms with van der Waals surface area (Å²) in [6, 6.07) is 4.32. The highest BCUT2D eigenvalue weighted by molar-refractivity contribution is 14.0. The summed E-state index contributed by atoms with van der Waals surface area (Å²) in [7, 11) is 6.45. The van der Waals surface area contributed by atoms with E-state index in [1.54, 1.807) is 0 Å². The van der Waals surface area contributed by atoms with Crippen LogP contribution in [0.25, 0.3) is 0 Å². The molecule has 0 aromatic carbocycles. The second kappa shape index (κ2) is 11.4. The predicted octanol–water partition coefficient (Wildman–Crippen LogP) is 2.92. The van der Waals surface area contributed by atoms with E-state index in [0.29, 0.717) is 0 Å². The number of hydrogen-bond donors (Lipinski definition) is 1. The number of halogens is 1. The van der Waals surface area contributed by atoms with Gasteiger partial charge >= 0.3 is 0 Å². The molecule has 0 amide bonds. The minimum Gasteiger partial charge on any atom is -0.381 e. The molecule has 1 aromatic rings. The highest BCUT2D eigenvalue weighted by Crippen LogP contribution is 2.26. The molecule has 25 heavy (non-hydrogen) atoms. The van der Waals surface area contributed by atoms with Crippen LogP contribution in [0, 0.1) is 0 Å². The van der Waals surface area contributed by atoms with E-state index in [2.05, 4.69) is 60.7 Å². The summed E-state index contributed by atoms with van der Waals surface area (Å²) in [6.45, 7) is 6.47. The van der Waals surface area contributed by atoms with Crippen LogP contribution in [0.3, 0.4) is 0 Å². The van der Waals surface area contributed by atoms with Crippen LogP contribution >= 0.6 is 35.3 Å². The van der Waals surface area contributed by atoms with Gasteiger partial charge in [-0.3, -0.25) is 4.99 Å². The maximum absolute atomic E-state index is 5.56. The lowest BCUT2D eigenvalue weighted by Crippen LogP contribution is -2.52. The molecule has 0 aliphatic carbocycles. The number of aliphatic imine (C=N–C) groups is 1. The maximum Gasteiger partial charge on any atom is 0.193 e. The molecule has 0 bridgehead atoms. The summed E-state index contributed by atoms with van der Waals surface area (Å²) >= 11 is 1.82. The van der Waals surface area contributed by atoms with Crippen LogP contribution in [-0.2, 0) is 11.2 Å². The first-order valence-electron chi connectivity index (χ1n) is 8.84. The smallest absolute Gasteiger partial charge is 0.193 e. The normalized spacial score (nSPS) is 17.2. The molecule has 1 N–H and O–H groups in total. The van der Waals surface area contributed by atoms with Crippen molar-refractivity contribution < 1.29 is 4.74 Å². The molecule has 1 aliphatic heterocycles. The molecule has 1 fully saturated rings. The lowest BCUT2D eigenvalue weighted by molar-refractivity contribution is -0.00262. The van der Waals surface area contributed by atoms with Crippen molar-refractivity contribution in [2.45, 2.75) is 31.7 Å². The fourth-order valence-electron chi connectivity index (χ4n) is 3.03. The molecule has 2 heterocycles. The van der Waals surface area contributed by atoms with Crippen molar-refractivity contribution in [3.63, 3.8) is 0 Å². The van der Waals surface area contributed by atoms with E-state index in [4.69, 9.17) is 9.73 Å². The maximum atomic E-state index is 5.56. The van der Waals surface area contributed by atoms with Gasteiger partial charge < -0.3 is 19.9 Å². The first-order chi connectivity index (χ1) is 11.6. The summed E-state index contributed by atoms with van der Waals surface area (Å²) < 4.78 is 5.56. The molecule has 0 radical (unpaired) electrons. The molecule has 0 unspecified atom stereocenters. The van der Waals surface area contributed by atoms with Gasteiger partial charge in [0.15, 0.2) is 5.96 Å². The summed E-state index contributed by atoms with van der Waals surface area (Å²) in [5.41, 5.74) is 0.119. The Bertz CT molecular complexity index is 501. The molecule has 144 valence electrons. The number of likely N-dealkylation sites (N-methyl/N-ethyl adjacent to an activating group) is 2. The van der Waals surface area contributed by atoms with Gasteiger partial charge in [0.25, 0.3) is 0 Å². The zero-order chi connectivity index (χ0) is 17.4. The summed E-state index contributed by atoms with van der Waals surface area (Å²) in [5, 5.41) is 5.58. The Labute approximate surface area is 173 Å². The van der Waals surface area contributed by atoms with E-state index in [9.17, 15) is 0 Å². The topological polar surface area (TPSA) is 40.1 Å². The van der Waals surface area contributed by atoms with E-state index >= 15 is 0 Å². The van der Waals surface area contributed by atoms with Gasteiger partial charge in [-0.15, -0.1) is 35.3 Å². The Morgan fingerprint density at radius 2 is 2.04 bits per heavy atom. The second-order valence-corrected chi connectivity index (χ2v) is 7.68. The van der Waals surface area contributed by atoms with Gasteiger partial charge in [-0.05, 0) is 51.7 Å². The van der Waals surface area contributed by atoms with Crippen molar-refractivity contribution in [3.8, 4) is 0 Å². The van der Waals surface area contributed by atoms with Crippen LogP contribution in [0.15, 0.2) is 22.5 Å². The van der Waals surface area contributed by atoms with Crippen LogP contribution in [-0.4, -0.2) is 75.3 Å². The van der Waals surface area contributed by atoms with Crippen LogP contribution in [0.2, 0.25) is 0 Å². The Kier molecular flexibility index (Phi) is 10.3. The fraction of sp³-hybridized carbons (Fsp3) is 0.722. The Morgan fingerprint density at radius 3 is 2.60 bits per heavy atom.